The molecule has 0 unspecified atom stereocenters. The smallest absolute Gasteiger partial charge is 0.321 e. The molecule has 0 N–H and O–H groups in total. The minimum atomic E-state index is 0.239. The van der Waals surface area contributed by atoms with E-state index < -0.39 is 0 Å². The summed E-state index contributed by atoms with van der Waals surface area (Å²) in [7, 11) is 0. The van der Waals surface area contributed by atoms with Crippen LogP contribution in [0.3, 0.4) is 0 Å². The molecular formula is C12H7ClN4O. The van der Waals surface area contributed by atoms with Crippen molar-refractivity contribution in [1.82, 2.24) is 19.9 Å². The van der Waals surface area contributed by atoms with Crippen molar-refractivity contribution >= 4 is 22.6 Å². The summed E-state index contributed by atoms with van der Waals surface area (Å²) in [5, 5.41) is 0.465. The van der Waals surface area contributed by atoms with E-state index in [-0.39, 0.29) is 6.01 Å². The maximum Gasteiger partial charge on any atom is 0.321 e. The van der Waals surface area contributed by atoms with Gasteiger partial charge in [0.15, 0.2) is 0 Å². The second-order valence-electron chi connectivity index (χ2n) is 3.49. The summed E-state index contributed by atoms with van der Waals surface area (Å²) < 4.78 is 5.49. The van der Waals surface area contributed by atoms with Gasteiger partial charge in [0.25, 0.3) is 0 Å². The first-order valence-electron chi connectivity index (χ1n) is 5.17. The molecule has 0 spiro atoms. The lowest BCUT2D eigenvalue weighted by Crippen LogP contribution is -1.91. The summed E-state index contributed by atoms with van der Waals surface area (Å²) in [6.07, 6.45) is 6.23. The van der Waals surface area contributed by atoms with E-state index in [0.717, 1.165) is 11.0 Å². The Kier molecular flexibility index (Phi) is 2.74. The average Bonchev–Trinajstić information content (AvgIpc) is 2.41. The zero-order valence-electron chi connectivity index (χ0n) is 9.12. The van der Waals surface area contributed by atoms with E-state index in [4.69, 9.17) is 16.3 Å². The van der Waals surface area contributed by atoms with Crippen molar-refractivity contribution in [1.29, 1.82) is 0 Å². The summed E-state index contributed by atoms with van der Waals surface area (Å²) in [6.45, 7) is 0. The minimum absolute atomic E-state index is 0.239. The Morgan fingerprint density at radius 1 is 0.889 bits per heavy atom. The highest BCUT2D eigenvalue weighted by molar-refractivity contribution is 6.30. The summed E-state index contributed by atoms with van der Waals surface area (Å²) in [5.41, 5.74) is 1.56. The van der Waals surface area contributed by atoms with Crippen molar-refractivity contribution in [3.8, 4) is 11.8 Å². The predicted molar refractivity (Wildman–Crippen MR) is 66.7 cm³/mol. The van der Waals surface area contributed by atoms with E-state index in [1.54, 1.807) is 24.5 Å². The molecule has 2 aromatic heterocycles. The van der Waals surface area contributed by atoms with Gasteiger partial charge in [-0.2, -0.15) is 0 Å². The predicted octanol–water partition coefficient (Wildman–Crippen LogP) is 2.87. The summed E-state index contributed by atoms with van der Waals surface area (Å²) in [4.78, 5) is 16.3. The highest BCUT2D eigenvalue weighted by Crippen LogP contribution is 2.21. The molecule has 0 bridgehead atoms. The number of benzene rings is 1. The van der Waals surface area contributed by atoms with Gasteiger partial charge in [-0.05, 0) is 12.1 Å². The Hall–Kier alpha value is -2.27. The van der Waals surface area contributed by atoms with Gasteiger partial charge < -0.3 is 4.74 Å². The van der Waals surface area contributed by atoms with Gasteiger partial charge in [-0.1, -0.05) is 11.6 Å². The van der Waals surface area contributed by atoms with E-state index in [1.807, 2.05) is 6.07 Å². The van der Waals surface area contributed by atoms with Crippen molar-refractivity contribution < 1.29 is 4.74 Å². The Morgan fingerprint density at radius 3 is 2.39 bits per heavy atom. The first kappa shape index (κ1) is 10.9. The zero-order chi connectivity index (χ0) is 12.4. The van der Waals surface area contributed by atoms with Gasteiger partial charge in [0, 0.05) is 18.5 Å². The number of halogens is 1. The summed E-state index contributed by atoms with van der Waals surface area (Å²) >= 11 is 5.69. The maximum atomic E-state index is 5.69. The minimum Gasteiger partial charge on any atom is -0.424 e. The Labute approximate surface area is 107 Å². The Balaban J connectivity index is 1.92. The van der Waals surface area contributed by atoms with Crippen molar-refractivity contribution in [3.63, 3.8) is 0 Å². The molecule has 0 aliphatic carbocycles. The van der Waals surface area contributed by atoms with Crippen LogP contribution < -0.4 is 4.74 Å². The average molecular weight is 259 g/mol. The molecule has 0 amide bonds. The lowest BCUT2D eigenvalue weighted by atomic mass is 10.3. The second kappa shape index (κ2) is 4.54. The molecule has 3 aromatic rings. The number of hydrogen-bond donors (Lipinski definition) is 0. The number of fused-ring (bicyclic) bond motifs is 1. The Morgan fingerprint density at radius 2 is 1.61 bits per heavy atom. The zero-order valence-corrected chi connectivity index (χ0v) is 9.87. The van der Waals surface area contributed by atoms with Crippen LogP contribution in [-0.4, -0.2) is 19.9 Å². The van der Waals surface area contributed by atoms with Crippen LogP contribution in [0.4, 0.5) is 0 Å². The van der Waals surface area contributed by atoms with Gasteiger partial charge in [0.2, 0.25) is 0 Å². The molecule has 0 aliphatic rings. The fraction of sp³-hybridized carbons (Fsp3) is 0. The van der Waals surface area contributed by atoms with Gasteiger partial charge in [-0.15, -0.1) is 0 Å². The van der Waals surface area contributed by atoms with Gasteiger partial charge in [0.05, 0.1) is 28.4 Å². The van der Waals surface area contributed by atoms with E-state index in [1.165, 1.54) is 12.4 Å². The van der Waals surface area contributed by atoms with E-state index in [2.05, 4.69) is 19.9 Å². The number of nitrogens with zero attached hydrogens (tertiary/aromatic N) is 4. The number of ether oxygens (including phenoxy) is 1. The second-order valence-corrected chi connectivity index (χ2v) is 3.93. The molecule has 0 aliphatic heterocycles. The number of aromatic nitrogens is 4. The molecule has 18 heavy (non-hydrogen) atoms. The highest BCUT2D eigenvalue weighted by atomic mass is 35.5. The van der Waals surface area contributed by atoms with Crippen LogP contribution in [0.1, 0.15) is 0 Å². The van der Waals surface area contributed by atoms with E-state index in [0.29, 0.717) is 10.8 Å². The molecule has 3 rings (SSSR count). The van der Waals surface area contributed by atoms with Gasteiger partial charge in [-0.25, -0.2) is 9.97 Å². The molecule has 0 saturated heterocycles. The number of hydrogen-bond acceptors (Lipinski definition) is 5. The van der Waals surface area contributed by atoms with Crippen LogP contribution in [0, 0.1) is 0 Å². The van der Waals surface area contributed by atoms with Crippen LogP contribution in [0.2, 0.25) is 5.02 Å². The van der Waals surface area contributed by atoms with Gasteiger partial charge >= 0.3 is 6.01 Å². The molecule has 0 saturated carbocycles. The molecule has 0 atom stereocenters. The lowest BCUT2D eigenvalue weighted by Gasteiger charge is -2.03. The Bertz CT molecular complexity index is 687. The van der Waals surface area contributed by atoms with Crippen LogP contribution >= 0.6 is 11.6 Å². The van der Waals surface area contributed by atoms with Gasteiger partial charge in [0.1, 0.15) is 5.75 Å². The molecule has 2 heterocycles. The SMILES string of the molecule is Clc1cnc(Oc2ccc3nccnc3c2)nc1. The lowest BCUT2D eigenvalue weighted by molar-refractivity contribution is 0.442. The number of rotatable bonds is 2. The van der Waals surface area contributed by atoms with E-state index in [9.17, 15) is 0 Å². The highest BCUT2D eigenvalue weighted by Gasteiger charge is 2.02. The quantitative estimate of drug-likeness (QED) is 0.707. The summed E-state index contributed by atoms with van der Waals surface area (Å²) in [5.74, 6) is 0.602. The van der Waals surface area contributed by atoms with Crippen molar-refractivity contribution in [3.05, 3.63) is 48.0 Å². The third kappa shape index (κ3) is 2.21. The summed E-state index contributed by atoms with van der Waals surface area (Å²) in [6, 6.07) is 5.63. The first-order valence-corrected chi connectivity index (χ1v) is 5.55. The van der Waals surface area contributed by atoms with Crippen molar-refractivity contribution in [2.45, 2.75) is 0 Å². The normalized spacial score (nSPS) is 10.5. The third-order valence-corrected chi connectivity index (χ3v) is 2.44. The van der Waals surface area contributed by atoms with Crippen molar-refractivity contribution in [2.24, 2.45) is 0 Å². The molecule has 0 radical (unpaired) electrons. The molecule has 6 heteroatoms. The van der Waals surface area contributed by atoms with Gasteiger partial charge in [-0.3, -0.25) is 9.97 Å². The topological polar surface area (TPSA) is 60.8 Å². The van der Waals surface area contributed by atoms with E-state index >= 15 is 0 Å². The van der Waals surface area contributed by atoms with Crippen LogP contribution in [0.5, 0.6) is 11.8 Å². The fourth-order valence-electron chi connectivity index (χ4n) is 1.47. The molecule has 1 aromatic carbocycles. The molecule has 88 valence electrons. The largest absolute Gasteiger partial charge is 0.424 e. The maximum absolute atomic E-state index is 5.69. The monoisotopic (exact) mass is 258 g/mol. The van der Waals surface area contributed by atoms with Crippen LogP contribution in [0.15, 0.2) is 43.0 Å². The van der Waals surface area contributed by atoms with Crippen LogP contribution in [0.25, 0.3) is 11.0 Å². The molecule has 5 nitrogen and oxygen atoms in total. The molecular weight excluding hydrogens is 252 g/mol. The molecule has 0 fully saturated rings. The standard InChI is InChI=1S/C12H7ClN4O/c13-8-6-16-12(17-7-8)18-9-1-2-10-11(5-9)15-4-3-14-10/h1-7H. The third-order valence-electron chi connectivity index (χ3n) is 2.25. The fourth-order valence-corrected chi connectivity index (χ4v) is 1.56. The van der Waals surface area contributed by atoms with Crippen molar-refractivity contribution in [2.75, 3.05) is 0 Å². The van der Waals surface area contributed by atoms with Crippen LogP contribution in [-0.2, 0) is 0 Å². The first-order chi connectivity index (χ1) is 8.81.